The fourth-order valence-electron chi connectivity index (χ4n) is 8.78. The maximum atomic E-state index is 11.7. The zero-order valence-corrected chi connectivity index (χ0v) is 19.7. The van der Waals surface area contributed by atoms with E-state index in [1.54, 1.807) is 5.57 Å². The first-order valence-corrected chi connectivity index (χ1v) is 12.7. The highest BCUT2D eigenvalue weighted by molar-refractivity contribution is 5.25. The first-order valence-electron chi connectivity index (χ1n) is 12.7. The highest BCUT2D eigenvalue weighted by atomic mass is 16.3. The van der Waals surface area contributed by atoms with Crippen LogP contribution in [0.2, 0.25) is 0 Å². The molecule has 3 saturated carbocycles. The molecular formula is C28H41NO2. The SMILES string of the molecule is C[C@]12CCC3[C@@H](CC=C4C[C@@H](O)CC[C@@]43C)C1CCC2[C@](C)(O)CCc1cccnc1. The average Bonchev–Trinajstić information content (AvgIpc) is 3.12. The Bertz CT molecular complexity index is 833. The second-order valence-corrected chi connectivity index (χ2v) is 12.0. The van der Waals surface area contributed by atoms with Gasteiger partial charge in [0.05, 0.1) is 11.7 Å². The second kappa shape index (κ2) is 7.70. The maximum Gasteiger partial charge on any atom is 0.0656 e. The Labute approximate surface area is 188 Å². The van der Waals surface area contributed by atoms with E-state index in [2.05, 4.69) is 37.9 Å². The van der Waals surface area contributed by atoms with Crippen LogP contribution < -0.4 is 0 Å². The third-order valence-electron chi connectivity index (χ3n) is 10.5. The molecule has 2 N–H and O–H groups in total. The van der Waals surface area contributed by atoms with Gasteiger partial charge in [-0.05, 0) is 117 Å². The van der Waals surface area contributed by atoms with Gasteiger partial charge in [0.25, 0.3) is 0 Å². The Morgan fingerprint density at radius 3 is 2.74 bits per heavy atom. The molecule has 5 rings (SSSR count). The van der Waals surface area contributed by atoms with Crippen molar-refractivity contribution >= 4 is 0 Å². The van der Waals surface area contributed by atoms with Crippen molar-refractivity contribution in [1.82, 2.24) is 4.98 Å². The fourth-order valence-corrected chi connectivity index (χ4v) is 8.78. The first kappa shape index (κ1) is 21.6. The zero-order valence-electron chi connectivity index (χ0n) is 19.7. The van der Waals surface area contributed by atoms with Crippen LogP contribution in [0.3, 0.4) is 0 Å². The summed E-state index contributed by atoms with van der Waals surface area (Å²) in [6.45, 7) is 7.12. The molecule has 8 atom stereocenters. The number of allylic oxidation sites excluding steroid dienone is 1. The first-order chi connectivity index (χ1) is 14.7. The minimum atomic E-state index is -0.624. The van der Waals surface area contributed by atoms with E-state index < -0.39 is 5.60 Å². The zero-order chi connectivity index (χ0) is 21.9. The molecule has 170 valence electrons. The average molecular weight is 424 g/mol. The number of hydrogen-bond donors (Lipinski definition) is 2. The summed E-state index contributed by atoms with van der Waals surface area (Å²) in [5.74, 6) is 2.62. The quantitative estimate of drug-likeness (QED) is 0.610. The van der Waals surface area contributed by atoms with Crippen LogP contribution in [-0.2, 0) is 6.42 Å². The van der Waals surface area contributed by atoms with E-state index in [0.29, 0.717) is 11.3 Å². The highest BCUT2D eigenvalue weighted by Gasteiger charge is 2.61. The molecule has 0 radical (unpaired) electrons. The van der Waals surface area contributed by atoms with E-state index in [1.165, 1.54) is 31.2 Å². The predicted molar refractivity (Wildman–Crippen MR) is 124 cm³/mol. The number of aliphatic hydroxyl groups excluding tert-OH is 1. The Morgan fingerprint density at radius 2 is 1.97 bits per heavy atom. The van der Waals surface area contributed by atoms with Gasteiger partial charge in [0, 0.05) is 12.4 Å². The minimum absolute atomic E-state index is 0.129. The topological polar surface area (TPSA) is 53.4 Å². The lowest BCUT2D eigenvalue weighted by Gasteiger charge is -2.59. The minimum Gasteiger partial charge on any atom is -0.393 e. The van der Waals surface area contributed by atoms with Crippen molar-refractivity contribution in [3.8, 4) is 0 Å². The molecule has 3 unspecified atom stereocenters. The predicted octanol–water partition coefficient (Wildman–Crippen LogP) is 5.71. The van der Waals surface area contributed by atoms with Gasteiger partial charge in [0.15, 0.2) is 0 Å². The van der Waals surface area contributed by atoms with Crippen LogP contribution in [0.25, 0.3) is 0 Å². The van der Waals surface area contributed by atoms with Crippen LogP contribution in [0.1, 0.15) is 84.1 Å². The van der Waals surface area contributed by atoms with Gasteiger partial charge in [-0.2, -0.15) is 0 Å². The van der Waals surface area contributed by atoms with Gasteiger partial charge in [-0.3, -0.25) is 4.98 Å². The number of hydrogen-bond acceptors (Lipinski definition) is 3. The summed E-state index contributed by atoms with van der Waals surface area (Å²) < 4.78 is 0. The van der Waals surface area contributed by atoms with Crippen molar-refractivity contribution in [1.29, 1.82) is 0 Å². The largest absolute Gasteiger partial charge is 0.393 e. The molecule has 1 aromatic rings. The van der Waals surface area contributed by atoms with E-state index >= 15 is 0 Å². The van der Waals surface area contributed by atoms with Gasteiger partial charge < -0.3 is 10.2 Å². The number of pyridine rings is 1. The standard InChI is InChI=1S/C28H41NO2/c1-26-13-11-21(30)17-20(26)6-7-22-23-8-9-25(27(23,2)14-12-24(22)26)28(3,31)15-10-19-5-4-16-29-18-19/h4-6,16,18,21-25,30-31H,7-15,17H2,1-3H3/t21-,22-,23?,24?,25?,26-,27-,28+/m0/s1. The van der Waals surface area contributed by atoms with Crippen molar-refractivity contribution < 1.29 is 10.2 Å². The summed E-state index contributed by atoms with van der Waals surface area (Å²) in [6, 6.07) is 4.12. The van der Waals surface area contributed by atoms with E-state index in [1.807, 2.05) is 18.5 Å². The second-order valence-electron chi connectivity index (χ2n) is 12.0. The molecule has 0 amide bonds. The Balaban J connectivity index is 1.35. The van der Waals surface area contributed by atoms with Gasteiger partial charge in [-0.15, -0.1) is 0 Å². The molecule has 4 aliphatic carbocycles. The van der Waals surface area contributed by atoms with Crippen LogP contribution in [0, 0.1) is 34.5 Å². The smallest absolute Gasteiger partial charge is 0.0656 e. The van der Waals surface area contributed by atoms with Crippen LogP contribution in [0.4, 0.5) is 0 Å². The molecule has 1 aromatic heterocycles. The monoisotopic (exact) mass is 423 g/mol. The molecule has 3 fully saturated rings. The Hall–Kier alpha value is -1.19. The van der Waals surface area contributed by atoms with Gasteiger partial charge in [0.2, 0.25) is 0 Å². The number of rotatable bonds is 4. The third kappa shape index (κ3) is 3.51. The molecule has 0 aromatic carbocycles. The van der Waals surface area contributed by atoms with Gasteiger partial charge in [0.1, 0.15) is 0 Å². The summed E-state index contributed by atoms with van der Waals surface area (Å²) >= 11 is 0. The van der Waals surface area contributed by atoms with Crippen LogP contribution in [0.15, 0.2) is 36.2 Å². The number of aromatic nitrogens is 1. The molecule has 0 bridgehead atoms. The van der Waals surface area contributed by atoms with E-state index in [4.69, 9.17) is 0 Å². The van der Waals surface area contributed by atoms with E-state index in [9.17, 15) is 10.2 Å². The van der Waals surface area contributed by atoms with Gasteiger partial charge in [-0.1, -0.05) is 31.6 Å². The lowest BCUT2D eigenvalue weighted by molar-refractivity contribution is -0.104. The van der Waals surface area contributed by atoms with Crippen LogP contribution in [0.5, 0.6) is 0 Å². The number of aryl methyl sites for hydroxylation is 1. The summed E-state index contributed by atoms with van der Waals surface area (Å²) in [4.78, 5) is 4.25. The summed E-state index contributed by atoms with van der Waals surface area (Å²) in [6.07, 6.45) is 17.0. The molecule has 0 aliphatic heterocycles. The van der Waals surface area contributed by atoms with Crippen molar-refractivity contribution in [2.75, 3.05) is 0 Å². The molecular weight excluding hydrogens is 382 g/mol. The molecule has 31 heavy (non-hydrogen) atoms. The molecule has 0 saturated heterocycles. The number of aliphatic hydroxyl groups is 2. The molecule has 3 nitrogen and oxygen atoms in total. The normalized spacial score (nSPS) is 43.9. The van der Waals surface area contributed by atoms with Crippen molar-refractivity contribution in [3.63, 3.8) is 0 Å². The molecule has 1 heterocycles. The van der Waals surface area contributed by atoms with Crippen LogP contribution in [-0.4, -0.2) is 26.9 Å². The molecule has 4 aliphatic rings. The lowest BCUT2D eigenvalue weighted by Crippen LogP contribution is -2.53. The maximum absolute atomic E-state index is 11.7. The molecule has 3 heteroatoms. The third-order valence-corrected chi connectivity index (χ3v) is 10.5. The van der Waals surface area contributed by atoms with Crippen molar-refractivity contribution in [2.24, 2.45) is 34.5 Å². The Kier molecular flexibility index (Phi) is 5.37. The number of nitrogens with zero attached hydrogens (tertiary/aromatic N) is 1. The number of fused-ring (bicyclic) bond motifs is 5. The van der Waals surface area contributed by atoms with E-state index in [0.717, 1.165) is 56.3 Å². The molecule has 0 spiro atoms. The Morgan fingerprint density at radius 1 is 1.13 bits per heavy atom. The van der Waals surface area contributed by atoms with Crippen LogP contribution >= 0.6 is 0 Å². The summed E-state index contributed by atoms with van der Waals surface area (Å²) in [5.41, 5.74) is 2.69. The summed E-state index contributed by atoms with van der Waals surface area (Å²) in [5, 5.41) is 21.9. The van der Waals surface area contributed by atoms with Crippen molar-refractivity contribution in [2.45, 2.75) is 96.7 Å². The fraction of sp³-hybridized carbons (Fsp3) is 0.750. The van der Waals surface area contributed by atoms with Gasteiger partial charge >= 0.3 is 0 Å². The van der Waals surface area contributed by atoms with Gasteiger partial charge in [-0.25, -0.2) is 0 Å². The van der Waals surface area contributed by atoms with Crippen molar-refractivity contribution in [3.05, 3.63) is 41.7 Å². The highest BCUT2D eigenvalue weighted by Crippen LogP contribution is 2.67. The van der Waals surface area contributed by atoms with E-state index in [-0.39, 0.29) is 11.5 Å². The summed E-state index contributed by atoms with van der Waals surface area (Å²) in [7, 11) is 0. The lowest BCUT2D eigenvalue weighted by atomic mass is 9.46.